The van der Waals surface area contributed by atoms with Crippen LogP contribution in [0.25, 0.3) is 0 Å². The third kappa shape index (κ3) is 4.81. The topological polar surface area (TPSA) is 97.6 Å². The molecule has 1 aromatic rings. The van der Waals surface area contributed by atoms with E-state index in [0.717, 1.165) is 31.5 Å². The first-order valence-electron chi connectivity index (χ1n) is 9.54. The number of likely N-dealkylation sites (tertiary alicyclic amines) is 1. The fourth-order valence-corrected chi connectivity index (χ4v) is 3.81. The molecular formula is C18H28N4O4. The van der Waals surface area contributed by atoms with E-state index in [2.05, 4.69) is 15.5 Å². The zero-order chi connectivity index (χ0) is 18.4. The van der Waals surface area contributed by atoms with Crippen molar-refractivity contribution in [3.05, 3.63) is 11.7 Å². The molecule has 1 saturated carbocycles. The maximum absolute atomic E-state index is 12.4. The molecule has 0 bridgehead atoms. The average Bonchev–Trinajstić information content (AvgIpc) is 3.16. The van der Waals surface area contributed by atoms with Crippen molar-refractivity contribution >= 4 is 11.8 Å². The third-order valence-electron chi connectivity index (χ3n) is 5.28. The minimum Gasteiger partial charge on any atom is -0.375 e. The Morgan fingerprint density at radius 1 is 1.23 bits per heavy atom. The van der Waals surface area contributed by atoms with Crippen LogP contribution in [0.15, 0.2) is 4.52 Å². The van der Waals surface area contributed by atoms with E-state index in [4.69, 9.17) is 9.26 Å². The predicted octanol–water partition coefficient (Wildman–Crippen LogP) is 1.62. The minimum atomic E-state index is -0.203. The van der Waals surface area contributed by atoms with Crippen LogP contribution in [0.2, 0.25) is 0 Å². The van der Waals surface area contributed by atoms with Gasteiger partial charge < -0.3 is 19.5 Å². The van der Waals surface area contributed by atoms with E-state index in [1.165, 1.54) is 26.4 Å². The van der Waals surface area contributed by atoms with E-state index >= 15 is 0 Å². The van der Waals surface area contributed by atoms with Gasteiger partial charge in [0, 0.05) is 26.1 Å². The van der Waals surface area contributed by atoms with Crippen molar-refractivity contribution in [3.63, 3.8) is 0 Å². The van der Waals surface area contributed by atoms with Gasteiger partial charge >= 0.3 is 0 Å². The quantitative estimate of drug-likeness (QED) is 0.824. The lowest BCUT2D eigenvalue weighted by Gasteiger charge is -2.31. The summed E-state index contributed by atoms with van der Waals surface area (Å²) >= 11 is 0. The lowest BCUT2D eigenvalue weighted by molar-refractivity contribution is -0.139. The van der Waals surface area contributed by atoms with E-state index in [-0.39, 0.29) is 30.9 Å². The van der Waals surface area contributed by atoms with Crippen LogP contribution in [-0.2, 0) is 20.9 Å². The molecule has 0 aromatic carbocycles. The summed E-state index contributed by atoms with van der Waals surface area (Å²) in [5, 5.41) is 6.95. The third-order valence-corrected chi connectivity index (χ3v) is 5.28. The van der Waals surface area contributed by atoms with Gasteiger partial charge in [0.15, 0.2) is 5.82 Å². The summed E-state index contributed by atoms with van der Waals surface area (Å²) in [5.74, 6) is 1.25. The van der Waals surface area contributed by atoms with E-state index in [9.17, 15) is 9.59 Å². The summed E-state index contributed by atoms with van der Waals surface area (Å²) in [4.78, 5) is 30.5. The monoisotopic (exact) mass is 364 g/mol. The van der Waals surface area contributed by atoms with Crippen molar-refractivity contribution in [2.45, 2.75) is 57.4 Å². The second-order valence-electron chi connectivity index (χ2n) is 7.21. The summed E-state index contributed by atoms with van der Waals surface area (Å²) in [6, 6.07) is 0. The fraction of sp³-hybridized carbons (Fsp3) is 0.778. The Morgan fingerprint density at radius 3 is 2.81 bits per heavy atom. The van der Waals surface area contributed by atoms with E-state index in [1.807, 2.05) is 0 Å². The van der Waals surface area contributed by atoms with Gasteiger partial charge in [-0.2, -0.15) is 4.98 Å². The van der Waals surface area contributed by atoms with E-state index in [0.29, 0.717) is 24.9 Å². The number of piperidine rings is 1. The van der Waals surface area contributed by atoms with Crippen LogP contribution >= 0.6 is 0 Å². The van der Waals surface area contributed by atoms with Gasteiger partial charge in [0.05, 0.1) is 12.5 Å². The normalized spacial score (nSPS) is 21.6. The SMILES string of the molecule is COCC(=O)N1CCC[C@@H](C(=O)NCc2nc(C3CCCCC3)no2)C1. The Balaban J connectivity index is 1.47. The number of nitrogens with one attached hydrogen (secondary N) is 1. The Morgan fingerprint density at radius 2 is 2.04 bits per heavy atom. The van der Waals surface area contributed by atoms with Crippen LogP contribution in [0, 0.1) is 5.92 Å². The van der Waals surface area contributed by atoms with Gasteiger partial charge in [-0.3, -0.25) is 9.59 Å². The van der Waals surface area contributed by atoms with Crippen LogP contribution < -0.4 is 5.32 Å². The Kier molecular flexibility index (Phi) is 6.60. The zero-order valence-electron chi connectivity index (χ0n) is 15.4. The van der Waals surface area contributed by atoms with Crippen molar-refractivity contribution in [1.82, 2.24) is 20.4 Å². The summed E-state index contributed by atoms with van der Waals surface area (Å²) in [7, 11) is 1.50. The van der Waals surface area contributed by atoms with Crippen LogP contribution in [0.3, 0.4) is 0 Å². The molecule has 1 aliphatic carbocycles. The molecule has 1 N–H and O–H groups in total. The molecule has 8 heteroatoms. The molecule has 2 aliphatic rings. The maximum atomic E-state index is 12.4. The van der Waals surface area contributed by atoms with Gasteiger partial charge in [-0.15, -0.1) is 0 Å². The Hall–Kier alpha value is -1.96. The van der Waals surface area contributed by atoms with Crippen LogP contribution in [-0.4, -0.2) is 53.7 Å². The second kappa shape index (κ2) is 9.12. The Labute approximate surface area is 153 Å². The van der Waals surface area contributed by atoms with Crippen LogP contribution in [0.5, 0.6) is 0 Å². The number of ether oxygens (including phenoxy) is 1. The molecular weight excluding hydrogens is 336 g/mol. The summed E-state index contributed by atoms with van der Waals surface area (Å²) in [6.45, 7) is 1.41. The van der Waals surface area contributed by atoms with Crippen molar-refractivity contribution in [3.8, 4) is 0 Å². The summed E-state index contributed by atoms with van der Waals surface area (Å²) in [5.41, 5.74) is 0. The first-order valence-corrected chi connectivity index (χ1v) is 9.54. The highest BCUT2D eigenvalue weighted by atomic mass is 16.5. The van der Waals surface area contributed by atoms with Gasteiger partial charge in [-0.1, -0.05) is 24.4 Å². The first-order chi connectivity index (χ1) is 12.7. The maximum Gasteiger partial charge on any atom is 0.248 e. The number of hydrogen-bond acceptors (Lipinski definition) is 6. The average molecular weight is 364 g/mol. The number of aromatic nitrogens is 2. The molecule has 2 fully saturated rings. The zero-order valence-corrected chi connectivity index (χ0v) is 15.4. The Bertz CT molecular complexity index is 612. The van der Waals surface area contributed by atoms with Gasteiger partial charge in [0.25, 0.3) is 0 Å². The molecule has 0 radical (unpaired) electrons. The van der Waals surface area contributed by atoms with E-state index in [1.54, 1.807) is 4.90 Å². The highest BCUT2D eigenvalue weighted by Crippen LogP contribution is 2.30. The largest absolute Gasteiger partial charge is 0.375 e. The van der Waals surface area contributed by atoms with Gasteiger partial charge in [-0.25, -0.2) is 0 Å². The molecule has 2 heterocycles. The van der Waals surface area contributed by atoms with Gasteiger partial charge in [-0.05, 0) is 25.7 Å². The minimum absolute atomic E-state index is 0.0558. The lowest BCUT2D eigenvalue weighted by Crippen LogP contribution is -2.46. The molecule has 0 unspecified atom stereocenters. The van der Waals surface area contributed by atoms with Crippen LogP contribution in [0.1, 0.15) is 62.6 Å². The van der Waals surface area contributed by atoms with Crippen molar-refractivity contribution in [2.75, 3.05) is 26.8 Å². The first kappa shape index (κ1) is 18.8. The number of amides is 2. The number of hydrogen-bond donors (Lipinski definition) is 1. The van der Waals surface area contributed by atoms with Crippen LogP contribution in [0.4, 0.5) is 0 Å². The molecule has 3 rings (SSSR count). The van der Waals surface area contributed by atoms with E-state index < -0.39 is 0 Å². The summed E-state index contributed by atoms with van der Waals surface area (Å²) < 4.78 is 10.2. The second-order valence-corrected chi connectivity index (χ2v) is 7.21. The molecule has 2 amide bonds. The number of methoxy groups -OCH3 is 1. The number of rotatable bonds is 6. The smallest absolute Gasteiger partial charge is 0.248 e. The van der Waals surface area contributed by atoms with Gasteiger partial charge in [0.2, 0.25) is 17.7 Å². The number of carbonyl (C=O) groups is 2. The molecule has 1 aromatic heterocycles. The highest BCUT2D eigenvalue weighted by molar-refractivity contribution is 5.81. The highest BCUT2D eigenvalue weighted by Gasteiger charge is 2.28. The van der Waals surface area contributed by atoms with Crippen molar-refractivity contribution in [2.24, 2.45) is 5.92 Å². The number of carbonyl (C=O) groups excluding carboxylic acids is 2. The number of nitrogens with zero attached hydrogens (tertiary/aromatic N) is 3. The molecule has 1 aliphatic heterocycles. The van der Waals surface area contributed by atoms with Crippen molar-refractivity contribution < 1.29 is 18.8 Å². The van der Waals surface area contributed by atoms with Crippen molar-refractivity contribution in [1.29, 1.82) is 0 Å². The standard InChI is InChI=1S/C18H28N4O4/c1-25-12-16(23)22-9-5-8-14(11-22)18(24)19-10-15-20-17(21-26-15)13-6-3-2-4-7-13/h13-14H,2-12H2,1H3,(H,19,24)/t14-/m1/s1. The van der Waals surface area contributed by atoms with Gasteiger partial charge in [0.1, 0.15) is 6.61 Å². The summed E-state index contributed by atoms with van der Waals surface area (Å²) in [6.07, 6.45) is 7.52. The molecule has 0 spiro atoms. The molecule has 8 nitrogen and oxygen atoms in total. The molecule has 144 valence electrons. The predicted molar refractivity (Wildman–Crippen MR) is 93.2 cm³/mol. The lowest BCUT2D eigenvalue weighted by atomic mass is 9.89. The molecule has 1 saturated heterocycles. The molecule has 26 heavy (non-hydrogen) atoms. The fourth-order valence-electron chi connectivity index (χ4n) is 3.81. The molecule has 1 atom stereocenters.